The lowest BCUT2D eigenvalue weighted by Crippen LogP contribution is -2.27. The quantitative estimate of drug-likeness (QED) is 0.452. The molecule has 6 nitrogen and oxygen atoms in total. The summed E-state index contributed by atoms with van der Waals surface area (Å²) in [6.07, 6.45) is -17.3. The average molecular weight is 487 g/mol. The predicted octanol–water partition coefficient (Wildman–Crippen LogP) is 5.00. The van der Waals surface area contributed by atoms with Gasteiger partial charge in [-0.1, -0.05) is 19.4 Å². The van der Waals surface area contributed by atoms with Crippen molar-refractivity contribution in [2.45, 2.75) is 45.3 Å². The first kappa shape index (κ1) is 27.5. The molecule has 1 aromatic rings. The van der Waals surface area contributed by atoms with Gasteiger partial charge in [0.1, 0.15) is 0 Å². The monoisotopic (exact) mass is 487 g/mol. The summed E-state index contributed by atoms with van der Waals surface area (Å²) in [5, 5.41) is 9.09. The molecule has 0 aliphatic rings. The van der Waals surface area contributed by atoms with E-state index in [1.54, 1.807) is 0 Å². The maximum atomic E-state index is 12.9. The molecule has 0 heterocycles. The topological polar surface area (TPSA) is 91.0 Å². The second-order valence-electron chi connectivity index (χ2n) is 6.51. The van der Waals surface area contributed by atoms with Crippen molar-refractivity contribution >= 4 is 5.97 Å². The van der Waals surface area contributed by atoms with Crippen molar-refractivity contribution in [1.82, 2.24) is 0 Å². The highest BCUT2D eigenvalue weighted by Crippen LogP contribution is 2.47. The normalized spacial score (nSPS) is 14.6. The van der Waals surface area contributed by atoms with E-state index in [1.807, 2.05) is 0 Å². The highest BCUT2D eigenvalue weighted by molar-refractivity contribution is 5.70. The Labute approximate surface area is 175 Å². The lowest BCUT2D eigenvalue weighted by Gasteiger charge is -2.24. The molecule has 1 aromatic carbocycles. The number of hydrogen-bond donors (Lipinski definition) is 2. The van der Waals surface area contributed by atoms with Crippen LogP contribution in [0, 0.1) is 11.8 Å². The fourth-order valence-electron chi connectivity index (χ4n) is 2.80. The van der Waals surface area contributed by atoms with E-state index in [0.717, 1.165) is 0 Å². The molecule has 32 heavy (non-hydrogen) atoms. The standard InChI is InChI=1S/C17H18F9NO5/c1-2-8(6-10(7-27)14(28)29)5-9-3-4-11(30-15(18,19)20)13(32-17(24,25)26)12(9)31-16(21,22)23/h3-4,8,10H,2,5-7,27H2,1H3,(H,28,29). The number of carboxylic acid groups (broad SMARTS) is 1. The fraction of sp³-hybridized carbons (Fsp3) is 0.588. The zero-order valence-electron chi connectivity index (χ0n) is 16.2. The maximum absolute atomic E-state index is 12.9. The summed E-state index contributed by atoms with van der Waals surface area (Å²) in [5.74, 6) is -8.50. The molecule has 15 heteroatoms. The third-order valence-corrected chi connectivity index (χ3v) is 4.16. The first-order valence-electron chi connectivity index (χ1n) is 8.81. The molecular formula is C17H18F9NO5. The number of aliphatic carboxylic acids is 1. The van der Waals surface area contributed by atoms with E-state index in [4.69, 9.17) is 10.8 Å². The summed E-state index contributed by atoms with van der Waals surface area (Å²) in [6, 6.07) is 0.990. The Morgan fingerprint density at radius 1 is 0.938 bits per heavy atom. The Hall–Kier alpha value is -2.58. The minimum absolute atomic E-state index is 0.158. The number of halogens is 9. The molecule has 0 fully saturated rings. The molecule has 2 atom stereocenters. The molecule has 3 N–H and O–H groups in total. The van der Waals surface area contributed by atoms with Gasteiger partial charge in [0, 0.05) is 6.54 Å². The van der Waals surface area contributed by atoms with E-state index in [0.29, 0.717) is 12.1 Å². The Morgan fingerprint density at radius 2 is 1.44 bits per heavy atom. The number of alkyl halides is 9. The molecule has 0 aliphatic heterocycles. The van der Waals surface area contributed by atoms with Crippen LogP contribution >= 0.6 is 0 Å². The number of nitrogens with two attached hydrogens (primary N) is 1. The first-order valence-corrected chi connectivity index (χ1v) is 8.81. The third kappa shape index (κ3) is 9.28. The SMILES string of the molecule is CCC(Cc1ccc(OC(F)(F)F)c(OC(F)(F)F)c1OC(F)(F)F)CC(CN)C(=O)O. The molecular weight excluding hydrogens is 469 g/mol. The van der Waals surface area contributed by atoms with Crippen molar-refractivity contribution in [1.29, 1.82) is 0 Å². The molecule has 0 spiro atoms. The van der Waals surface area contributed by atoms with Crippen LogP contribution in [0.5, 0.6) is 17.2 Å². The van der Waals surface area contributed by atoms with Crippen LogP contribution in [-0.2, 0) is 11.2 Å². The van der Waals surface area contributed by atoms with Crippen LogP contribution in [0.1, 0.15) is 25.3 Å². The van der Waals surface area contributed by atoms with Crippen LogP contribution in [0.3, 0.4) is 0 Å². The van der Waals surface area contributed by atoms with E-state index in [1.165, 1.54) is 6.92 Å². The van der Waals surface area contributed by atoms with Gasteiger partial charge < -0.3 is 25.1 Å². The third-order valence-electron chi connectivity index (χ3n) is 4.16. The van der Waals surface area contributed by atoms with Gasteiger partial charge in [-0.3, -0.25) is 4.79 Å². The molecule has 0 radical (unpaired) electrons. The Kier molecular flexibility index (Phi) is 8.89. The van der Waals surface area contributed by atoms with E-state index in [9.17, 15) is 44.3 Å². The number of ether oxygens (including phenoxy) is 3. The first-order chi connectivity index (χ1) is 14.5. The zero-order valence-corrected chi connectivity index (χ0v) is 16.2. The molecule has 0 amide bonds. The van der Waals surface area contributed by atoms with Crippen LogP contribution in [0.4, 0.5) is 39.5 Å². The molecule has 0 bridgehead atoms. The van der Waals surface area contributed by atoms with Crippen molar-refractivity contribution in [2.24, 2.45) is 17.6 Å². The minimum Gasteiger partial charge on any atom is -0.481 e. The Bertz CT molecular complexity index is 777. The van der Waals surface area contributed by atoms with E-state index >= 15 is 0 Å². The smallest absolute Gasteiger partial charge is 0.481 e. The van der Waals surface area contributed by atoms with Gasteiger partial charge in [0.05, 0.1) is 5.92 Å². The lowest BCUT2D eigenvalue weighted by atomic mass is 9.87. The Morgan fingerprint density at radius 3 is 1.84 bits per heavy atom. The molecule has 0 saturated carbocycles. The van der Waals surface area contributed by atoms with Gasteiger partial charge in [0.2, 0.25) is 5.75 Å². The van der Waals surface area contributed by atoms with E-state index in [2.05, 4.69) is 14.2 Å². The van der Waals surface area contributed by atoms with Crippen molar-refractivity contribution in [3.63, 3.8) is 0 Å². The van der Waals surface area contributed by atoms with Crippen LogP contribution < -0.4 is 19.9 Å². The second-order valence-corrected chi connectivity index (χ2v) is 6.51. The highest BCUT2D eigenvalue weighted by Gasteiger charge is 2.42. The van der Waals surface area contributed by atoms with Gasteiger partial charge >= 0.3 is 25.1 Å². The summed E-state index contributed by atoms with van der Waals surface area (Å²) in [7, 11) is 0. The molecule has 0 aromatic heterocycles. The average Bonchev–Trinajstić information content (AvgIpc) is 2.59. The Balaban J connectivity index is 3.55. The van der Waals surface area contributed by atoms with Crippen LogP contribution in [0.15, 0.2) is 12.1 Å². The summed E-state index contributed by atoms with van der Waals surface area (Å²) in [4.78, 5) is 11.2. The van der Waals surface area contributed by atoms with Crippen LogP contribution in [0.25, 0.3) is 0 Å². The molecule has 0 saturated heterocycles. The molecule has 2 unspecified atom stereocenters. The highest BCUT2D eigenvalue weighted by atomic mass is 19.4. The van der Waals surface area contributed by atoms with Gasteiger partial charge in [0.25, 0.3) is 0 Å². The number of rotatable bonds is 10. The number of carboxylic acids is 1. The summed E-state index contributed by atoms with van der Waals surface area (Å²) in [6.45, 7) is 1.21. The second kappa shape index (κ2) is 10.4. The van der Waals surface area contributed by atoms with Gasteiger partial charge in [-0.25, -0.2) is 0 Å². The fourth-order valence-corrected chi connectivity index (χ4v) is 2.80. The van der Waals surface area contributed by atoms with Gasteiger partial charge in [-0.15, -0.1) is 39.5 Å². The summed E-state index contributed by atoms with van der Waals surface area (Å²) in [5.41, 5.74) is 4.73. The maximum Gasteiger partial charge on any atom is 0.573 e. The largest absolute Gasteiger partial charge is 0.573 e. The predicted molar refractivity (Wildman–Crippen MR) is 88.8 cm³/mol. The van der Waals surface area contributed by atoms with Gasteiger partial charge in [0.15, 0.2) is 11.5 Å². The summed E-state index contributed by atoms with van der Waals surface area (Å²) >= 11 is 0. The van der Waals surface area contributed by atoms with Crippen LogP contribution in [-0.4, -0.2) is 36.7 Å². The lowest BCUT2D eigenvalue weighted by molar-refractivity contribution is -0.293. The molecule has 184 valence electrons. The van der Waals surface area contributed by atoms with Crippen LogP contribution in [0.2, 0.25) is 0 Å². The molecule has 1 rings (SSSR count). The number of carbonyl (C=O) groups is 1. The molecule has 0 aliphatic carbocycles. The van der Waals surface area contributed by atoms with E-state index in [-0.39, 0.29) is 19.4 Å². The number of hydrogen-bond acceptors (Lipinski definition) is 5. The zero-order chi connectivity index (χ0) is 24.9. The van der Waals surface area contributed by atoms with E-state index < -0.39 is 66.1 Å². The van der Waals surface area contributed by atoms with Gasteiger partial charge in [-0.2, -0.15) is 0 Å². The van der Waals surface area contributed by atoms with Crippen molar-refractivity contribution in [3.05, 3.63) is 17.7 Å². The van der Waals surface area contributed by atoms with Crippen molar-refractivity contribution in [2.75, 3.05) is 6.54 Å². The van der Waals surface area contributed by atoms with Crippen molar-refractivity contribution < 1.29 is 63.6 Å². The number of benzene rings is 1. The van der Waals surface area contributed by atoms with Crippen molar-refractivity contribution in [3.8, 4) is 17.2 Å². The minimum atomic E-state index is -5.69. The summed E-state index contributed by atoms with van der Waals surface area (Å²) < 4.78 is 125. The van der Waals surface area contributed by atoms with Gasteiger partial charge in [-0.05, 0) is 30.4 Å².